The van der Waals surface area contributed by atoms with E-state index in [0.29, 0.717) is 11.3 Å². The first-order valence-electron chi connectivity index (χ1n) is 7.02. The summed E-state index contributed by atoms with van der Waals surface area (Å²) >= 11 is 0. The molecule has 2 rings (SSSR count). The minimum absolute atomic E-state index is 0.163. The molecule has 2 atom stereocenters. The van der Waals surface area contributed by atoms with Crippen molar-refractivity contribution in [1.82, 2.24) is 5.32 Å². The third-order valence-corrected chi connectivity index (χ3v) is 3.90. The van der Waals surface area contributed by atoms with E-state index in [0.717, 1.165) is 24.0 Å². The predicted molar refractivity (Wildman–Crippen MR) is 81.4 cm³/mol. The lowest BCUT2D eigenvalue weighted by Crippen LogP contribution is -2.24. The number of rotatable bonds is 6. The molecule has 0 aromatic heterocycles. The summed E-state index contributed by atoms with van der Waals surface area (Å²) in [6.07, 6.45) is 0.966. The second-order valence-electron chi connectivity index (χ2n) is 5.21. The van der Waals surface area contributed by atoms with E-state index < -0.39 is 0 Å². The molecule has 0 bridgehead atoms. The summed E-state index contributed by atoms with van der Waals surface area (Å²) in [5.41, 5.74) is 1.15. The van der Waals surface area contributed by atoms with Crippen LogP contribution >= 0.6 is 0 Å². The van der Waals surface area contributed by atoms with Crippen molar-refractivity contribution in [2.75, 3.05) is 20.8 Å². The highest BCUT2D eigenvalue weighted by atomic mass is 19.1. The molecule has 20 heavy (non-hydrogen) atoms. The lowest BCUT2D eigenvalue weighted by Gasteiger charge is -2.25. The van der Waals surface area contributed by atoms with E-state index in [1.54, 1.807) is 13.2 Å². The fourth-order valence-corrected chi connectivity index (χ4v) is 2.77. The molecule has 0 heterocycles. The predicted octanol–water partition coefficient (Wildman–Crippen LogP) is 3.91. The Labute approximate surface area is 119 Å². The maximum Gasteiger partial charge on any atom is 0.131 e. The van der Waals surface area contributed by atoms with Gasteiger partial charge >= 0.3 is 0 Å². The first kappa shape index (κ1) is 14.9. The van der Waals surface area contributed by atoms with E-state index in [1.165, 1.54) is 0 Å². The normalized spacial score (nSPS) is 14.4. The van der Waals surface area contributed by atoms with Crippen LogP contribution in [-0.2, 0) is 4.74 Å². The number of halogens is 1. The fourth-order valence-electron chi connectivity index (χ4n) is 2.77. The van der Waals surface area contributed by atoms with Gasteiger partial charge in [0.05, 0.1) is 0 Å². The molecule has 2 aromatic carbocycles. The second kappa shape index (κ2) is 6.82. The van der Waals surface area contributed by atoms with Crippen LogP contribution in [0.15, 0.2) is 36.4 Å². The molecular formula is C17H22FNO. The van der Waals surface area contributed by atoms with Crippen LogP contribution in [0.1, 0.15) is 24.9 Å². The fraction of sp³-hybridized carbons (Fsp3) is 0.412. The van der Waals surface area contributed by atoms with E-state index in [1.807, 2.05) is 37.4 Å². The highest BCUT2D eigenvalue weighted by Crippen LogP contribution is 2.31. The van der Waals surface area contributed by atoms with Gasteiger partial charge in [-0.1, -0.05) is 37.3 Å². The summed E-state index contributed by atoms with van der Waals surface area (Å²) in [4.78, 5) is 0. The van der Waals surface area contributed by atoms with E-state index in [-0.39, 0.29) is 11.9 Å². The van der Waals surface area contributed by atoms with Crippen molar-refractivity contribution in [2.45, 2.75) is 19.4 Å². The molecule has 0 radical (unpaired) electrons. The molecule has 0 aliphatic carbocycles. The number of ether oxygens (including phenoxy) is 1. The third-order valence-electron chi connectivity index (χ3n) is 3.90. The molecule has 0 fully saturated rings. The zero-order valence-corrected chi connectivity index (χ0v) is 12.3. The number of benzene rings is 2. The lowest BCUT2D eigenvalue weighted by atomic mass is 9.89. The van der Waals surface area contributed by atoms with Crippen LogP contribution in [0, 0.1) is 11.7 Å². The van der Waals surface area contributed by atoms with Crippen molar-refractivity contribution in [1.29, 1.82) is 0 Å². The number of hydrogen-bond acceptors (Lipinski definition) is 2. The van der Waals surface area contributed by atoms with Crippen LogP contribution < -0.4 is 5.32 Å². The van der Waals surface area contributed by atoms with Gasteiger partial charge in [0.15, 0.2) is 0 Å². The van der Waals surface area contributed by atoms with Gasteiger partial charge in [0.2, 0.25) is 0 Å². The molecule has 2 aromatic rings. The van der Waals surface area contributed by atoms with Crippen molar-refractivity contribution in [2.24, 2.45) is 5.92 Å². The number of methoxy groups -OCH3 is 1. The van der Waals surface area contributed by atoms with Crippen molar-refractivity contribution in [3.63, 3.8) is 0 Å². The van der Waals surface area contributed by atoms with E-state index in [9.17, 15) is 4.39 Å². The number of nitrogens with one attached hydrogen (secondary N) is 1. The average molecular weight is 275 g/mol. The Hall–Kier alpha value is -1.45. The van der Waals surface area contributed by atoms with Crippen LogP contribution in [-0.4, -0.2) is 20.8 Å². The third kappa shape index (κ3) is 3.00. The Morgan fingerprint density at radius 2 is 1.85 bits per heavy atom. The van der Waals surface area contributed by atoms with Gasteiger partial charge in [-0.05, 0) is 36.4 Å². The zero-order valence-electron chi connectivity index (χ0n) is 12.3. The molecular weight excluding hydrogens is 253 g/mol. The van der Waals surface area contributed by atoms with Gasteiger partial charge in [-0.2, -0.15) is 0 Å². The second-order valence-corrected chi connectivity index (χ2v) is 5.21. The summed E-state index contributed by atoms with van der Waals surface area (Å²) in [5, 5.41) is 5.03. The van der Waals surface area contributed by atoms with Crippen molar-refractivity contribution < 1.29 is 9.13 Å². The molecule has 0 spiro atoms. The summed E-state index contributed by atoms with van der Waals surface area (Å²) in [6, 6.07) is 11.3. The van der Waals surface area contributed by atoms with Crippen LogP contribution in [0.2, 0.25) is 0 Å². The summed E-state index contributed by atoms with van der Waals surface area (Å²) < 4.78 is 19.1. The summed E-state index contributed by atoms with van der Waals surface area (Å²) in [6.45, 7) is 2.93. The minimum Gasteiger partial charge on any atom is -0.385 e. The molecule has 0 saturated heterocycles. The Morgan fingerprint density at radius 1 is 1.15 bits per heavy atom. The smallest absolute Gasteiger partial charge is 0.131 e. The SMILES string of the molecule is CNC(c1ccc(F)c2ccccc12)C(C)CCOC. The van der Waals surface area contributed by atoms with Gasteiger partial charge in [-0.15, -0.1) is 0 Å². The van der Waals surface area contributed by atoms with E-state index >= 15 is 0 Å². The Morgan fingerprint density at radius 3 is 2.50 bits per heavy atom. The van der Waals surface area contributed by atoms with E-state index in [2.05, 4.69) is 12.2 Å². The Balaban J connectivity index is 2.42. The van der Waals surface area contributed by atoms with Crippen molar-refractivity contribution in [3.05, 3.63) is 47.8 Å². The molecule has 0 aliphatic rings. The molecule has 2 unspecified atom stereocenters. The standard InChI is InChI=1S/C17H22FNO/c1-12(10-11-20-3)17(19-2)15-8-9-16(18)14-7-5-4-6-13(14)15/h4-9,12,17,19H,10-11H2,1-3H3. The van der Waals surface area contributed by atoms with Crippen molar-refractivity contribution >= 4 is 10.8 Å². The average Bonchev–Trinajstić information content (AvgIpc) is 2.48. The van der Waals surface area contributed by atoms with Crippen molar-refractivity contribution in [3.8, 4) is 0 Å². The lowest BCUT2D eigenvalue weighted by molar-refractivity contribution is 0.171. The van der Waals surface area contributed by atoms with Gasteiger partial charge < -0.3 is 10.1 Å². The maximum atomic E-state index is 13.9. The number of fused-ring (bicyclic) bond motifs is 1. The van der Waals surface area contributed by atoms with Crippen LogP contribution in [0.5, 0.6) is 0 Å². The highest BCUT2D eigenvalue weighted by Gasteiger charge is 2.20. The van der Waals surface area contributed by atoms with Gasteiger partial charge in [0, 0.05) is 25.1 Å². The van der Waals surface area contributed by atoms with Gasteiger partial charge in [-0.3, -0.25) is 0 Å². The Kier molecular flexibility index (Phi) is 5.10. The maximum absolute atomic E-state index is 13.9. The molecule has 0 aliphatic heterocycles. The summed E-state index contributed by atoms with van der Waals surface area (Å²) in [5.74, 6) is 0.248. The highest BCUT2D eigenvalue weighted by molar-refractivity contribution is 5.86. The first-order chi connectivity index (χ1) is 9.69. The molecule has 3 heteroatoms. The van der Waals surface area contributed by atoms with Gasteiger partial charge in [0.25, 0.3) is 0 Å². The Bertz CT molecular complexity index is 570. The monoisotopic (exact) mass is 275 g/mol. The molecule has 108 valence electrons. The molecule has 2 nitrogen and oxygen atoms in total. The van der Waals surface area contributed by atoms with Gasteiger partial charge in [-0.25, -0.2) is 4.39 Å². The first-order valence-corrected chi connectivity index (χ1v) is 7.02. The van der Waals surface area contributed by atoms with E-state index in [4.69, 9.17) is 4.74 Å². The molecule has 0 amide bonds. The summed E-state index contributed by atoms with van der Waals surface area (Å²) in [7, 11) is 3.67. The molecule has 1 N–H and O–H groups in total. The quantitative estimate of drug-likeness (QED) is 0.863. The zero-order chi connectivity index (χ0) is 14.5. The largest absolute Gasteiger partial charge is 0.385 e. The van der Waals surface area contributed by atoms with Crippen LogP contribution in [0.3, 0.4) is 0 Å². The topological polar surface area (TPSA) is 21.3 Å². The van der Waals surface area contributed by atoms with Crippen LogP contribution in [0.25, 0.3) is 10.8 Å². The molecule has 0 saturated carbocycles. The van der Waals surface area contributed by atoms with Crippen LogP contribution in [0.4, 0.5) is 4.39 Å². The minimum atomic E-state index is -0.163. The van der Waals surface area contributed by atoms with Gasteiger partial charge in [0.1, 0.15) is 5.82 Å². The number of hydrogen-bond donors (Lipinski definition) is 1.